The van der Waals surface area contributed by atoms with Crippen molar-refractivity contribution in [2.24, 2.45) is 0 Å². The molecule has 0 aliphatic rings. The first-order valence-corrected chi connectivity index (χ1v) is 6.61. The second kappa shape index (κ2) is 5.04. The first-order chi connectivity index (χ1) is 9.70. The zero-order valence-corrected chi connectivity index (χ0v) is 11.1. The summed E-state index contributed by atoms with van der Waals surface area (Å²) in [5.41, 5.74) is 2.46. The lowest BCUT2D eigenvalue weighted by Crippen LogP contribution is -2.00. The van der Waals surface area contributed by atoms with Gasteiger partial charge in [0, 0.05) is 12.1 Å². The quantitative estimate of drug-likeness (QED) is 0.691. The third kappa shape index (κ3) is 2.07. The van der Waals surface area contributed by atoms with Gasteiger partial charge in [-0.2, -0.15) is 0 Å². The van der Waals surface area contributed by atoms with Gasteiger partial charge in [-0.1, -0.05) is 19.1 Å². The van der Waals surface area contributed by atoms with Crippen molar-refractivity contribution in [2.45, 2.75) is 19.9 Å². The van der Waals surface area contributed by atoms with Crippen molar-refractivity contribution >= 4 is 11.0 Å². The lowest BCUT2D eigenvalue weighted by atomic mass is 10.2. The number of nitrogens with zero attached hydrogens (tertiary/aromatic N) is 2. The maximum absolute atomic E-state index is 13.4. The molecule has 1 heterocycles. The van der Waals surface area contributed by atoms with Crippen LogP contribution in [0.15, 0.2) is 42.5 Å². The van der Waals surface area contributed by atoms with Gasteiger partial charge in [0.1, 0.15) is 5.82 Å². The molecule has 0 unspecified atom stereocenters. The summed E-state index contributed by atoms with van der Waals surface area (Å²) in [6.45, 7) is 2.86. The van der Waals surface area contributed by atoms with Crippen LogP contribution in [0.25, 0.3) is 22.4 Å². The molecule has 3 aromatic rings. The van der Waals surface area contributed by atoms with E-state index in [4.69, 9.17) is 0 Å². The molecule has 2 aromatic carbocycles. The van der Waals surface area contributed by atoms with Crippen molar-refractivity contribution in [2.75, 3.05) is 0 Å². The summed E-state index contributed by atoms with van der Waals surface area (Å²) in [4.78, 5) is 4.55. The summed E-state index contributed by atoms with van der Waals surface area (Å²) >= 11 is 0. The molecule has 0 aliphatic carbocycles. The Hall–Kier alpha value is -2.23. The molecule has 0 atom stereocenters. The van der Waals surface area contributed by atoms with Crippen LogP contribution in [-0.2, 0) is 6.54 Å². The minimum atomic E-state index is -0.849. The first-order valence-electron chi connectivity index (χ1n) is 6.61. The lowest BCUT2D eigenvalue weighted by molar-refractivity contribution is 0.509. The van der Waals surface area contributed by atoms with Gasteiger partial charge >= 0.3 is 0 Å². The molecule has 20 heavy (non-hydrogen) atoms. The standard InChI is InChI=1S/C16H14F2N2/c1-2-9-20-15-6-4-3-5-14(15)19-16(20)11-7-8-12(17)13(18)10-11/h3-8,10H,2,9H2,1H3. The number of hydrogen-bond donors (Lipinski definition) is 0. The fourth-order valence-corrected chi connectivity index (χ4v) is 2.38. The number of halogens is 2. The Bertz CT molecular complexity index is 762. The number of aryl methyl sites for hydroxylation is 1. The van der Waals surface area contributed by atoms with Crippen LogP contribution in [0.3, 0.4) is 0 Å². The van der Waals surface area contributed by atoms with E-state index in [1.807, 2.05) is 28.8 Å². The number of imidazole rings is 1. The number of benzene rings is 2. The van der Waals surface area contributed by atoms with E-state index in [0.717, 1.165) is 30.1 Å². The molecule has 4 heteroatoms. The minimum absolute atomic E-state index is 0.591. The fraction of sp³-hybridized carbons (Fsp3) is 0.188. The molecule has 0 fully saturated rings. The van der Waals surface area contributed by atoms with E-state index in [-0.39, 0.29) is 0 Å². The predicted octanol–water partition coefficient (Wildman–Crippen LogP) is 4.39. The second-order valence-corrected chi connectivity index (χ2v) is 4.70. The molecule has 0 N–H and O–H groups in total. The van der Waals surface area contributed by atoms with Gasteiger partial charge in [0.2, 0.25) is 0 Å². The topological polar surface area (TPSA) is 17.8 Å². The van der Waals surface area contributed by atoms with Gasteiger partial charge in [-0.25, -0.2) is 13.8 Å². The Balaban J connectivity index is 2.23. The van der Waals surface area contributed by atoms with Gasteiger partial charge in [0.05, 0.1) is 11.0 Å². The molecule has 0 spiro atoms. The van der Waals surface area contributed by atoms with Crippen molar-refractivity contribution in [3.63, 3.8) is 0 Å². The maximum atomic E-state index is 13.4. The van der Waals surface area contributed by atoms with E-state index in [1.54, 1.807) is 6.07 Å². The van der Waals surface area contributed by atoms with Crippen LogP contribution in [0.2, 0.25) is 0 Å². The van der Waals surface area contributed by atoms with E-state index in [2.05, 4.69) is 11.9 Å². The molecule has 0 saturated heterocycles. The van der Waals surface area contributed by atoms with Crippen molar-refractivity contribution in [1.29, 1.82) is 0 Å². The summed E-state index contributed by atoms with van der Waals surface area (Å²) in [6, 6.07) is 11.7. The van der Waals surface area contributed by atoms with Crippen LogP contribution in [0.5, 0.6) is 0 Å². The zero-order valence-electron chi connectivity index (χ0n) is 11.1. The SMILES string of the molecule is CCCn1c(-c2ccc(F)c(F)c2)nc2ccccc21. The minimum Gasteiger partial charge on any atom is -0.324 e. The van der Waals surface area contributed by atoms with Crippen LogP contribution in [0.1, 0.15) is 13.3 Å². The number of para-hydroxylation sites is 2. The Morgan fingerprint density at radius 3 is 2.60 bits per heavy atom. The Morgan fingerprint density at radius 2 is 1.85 bits per heavy atom. The molecule has 0 amide bonds. The zero-order chi connectivity index (χ0) is 14.1. The summed E-state index contributed by atoms with van der Waals surface area (Å²) in [5, 5.41) is 0. The van der Waals surface area contributed by atoms with E-state index in [9.17, 15) is 8.78 Å². The van der Waals surface area contributed by atoms with Gasteiger partial charge in [0.25, 0.3) is 0 Å². The van der Waals surface area contributed by atoms with E-state index in [0.29, 0.717) is 11.4 Å². The van der Waals surface area contributed by atoms with Crippen molar-refractivity contribution in [3.05, 3.63) is 54.1 Å². The number of aromatic nitrogens is 2. The second-order valence-electron chi connectivity index (χ2n) is 4.70. The third-order valence-electron chi connectivity index (χ3n) is 3.28. The van der Waals surface area contributed by atoms with Gasteiger partial charge in [-0.05, 0) is 36.8 Å². The monoisotopic (exact) mass is 272 g/mol. The third-order valence-corrected chi connectivity index (χ3v) is 3.28. The Kier molecular flexibility index (Phi) is 3.22. The normalized spacial score (nSPS) is 11.2. The van der Waals surface area contributed by atoms with Gasteiger partial charge in [-0.15, -0.1) is 0 Å². The highest BCUT2D eigenvalue weighted by Crippen LogP contribution is 2.26. The van der Waals surface area contributed by atoms with Crippen LogP contribution >= 0.6 is 0 Å². The molecule has 102 valence electrons. The number of fused-ring (bicyclic) bond motifs is 1. The van der Waals surface area contributed by atoms with Crippen LogP contribution in [-0.4, -0.2) is 9.55 Å². The highest BCUT2D eigenvalue weighted by molar-refractivity contribution is 5.80. The van der Waals surface area contributed by atoms with Gasteiger partial charge < -0.3 is 4.57 Å². The van der Waals surface area contributed by atoms with Crippen molar-refractivity contribution in [1.82, 2.24) is 9.55 Å². The average Bonchev–Trinajstić information content (AvgIpc) is 2.82. The molecule has 2 nitrogen and oxygen atoms in total. The van der Waals surface area contributed by atoms with Gasteiger partial charge in [0.15, 0.2) is 11.6 Å². The largest absolute Gasteiger partial charge is 0.324 e. The molecular formula is C16H14F2N2. The first kappa shape index (κ1) is 12.8. The Labute approximate surface area is 115 Å². The van der Waals surface area contributed by atoms with E-state index < -0.39 is 11.6 Å². The number of rotatable bonds is 3. The molecule has 1 aromatic heterocycles. The fourth-order valence-electron chi connectivity index (χ4n) is 2.38. The van der Waals surface area contributed by atoms with Crippen molar-refractivity contribution in [3.8, 4) is 11.4 Å². The van der Waals surface area contributed by atoms with Crippen LogP contribution < -0.4 is 0 Å². The Morgan fingerprint density at radius 1 is 1.05 bits per heavy atom. The van der Waals surface area contributed by atoms with E-state index in [1.165, 1.54) is 6.07 Å². The molecule has 0 saturated carbocycles. The molecule has 3 rings (SSSR count). The average molecular weight is 272 g/mol. The highest BCUT2D eigenvalue weighted by atomic mass is 19.2. The highest BCUT2D eigenvalue weighted by Gasteiger charge is 2.13. The molecule has 0 radical (unpaired) electrons. The van der Waals surface area contributed by atoms with Crippen LogP contribution in [0, 0.1) is 11.6 Å². The van der Waals surface area contributed by atoms with Gasteiger partial charge in [-0.3, -0.25) is 0 Å². The maximum Gasteiger partial charge on any atom is 0.159 e. The summed E-state index contributed by atoms with van der Waals surface area (Å²) in [5.74, 6) is -1.02. The van der Waals surface area contributed by atoms with Crippen molar-refractivity contribution < 1.29 is 8.78 Å². The molecule has 0 bridgehead atoms. The van der Waals surface area contributed by atoms with E-state index >= 15 is 0 Å². The summed E-state index contributed by atoms with van der Waals surface area (Å²) in [6.07, 6.45) is 0.941. The smallest absolute Gasteiger partial charge is 0.159 e. The lowest BCUT2D eigenvalue weighted by Gasteiger charge is -2.08. The molecule has 0 aliphatic heterocycles. The summed E-state index contributed by atoms with van der Waals surface area (Å²) < 4.78 is 28.5. The predicted molar refractivity (Wildman–Crippen MR) is 75.4 cm³/mol. The van der Waals surface area contributed by atoms with Crippen LogP contribution in [0.4, 0.5) is 8.78 Å². The number of hydrogen-bond acceptors (Lipinski definition) is 1. The summed E-state index contributed by atoms with van der Waals surface area (Å²) in [7, 11) is 0. The molecular weight excluding hydrogens is 258 g/mol.